The van der Waals surface area contributed by atoms with Crippen LogP contribution in [0.25, 0.3) is 0 Å². The summed E-state index contributed by atoms with van der Waals surface area (Å²) < 4.78 is 5.19. The molecule has 0 heterocycles. The number of methoxy groups -OCH3 is 1. The maximum absolute atomic E-state index is 5.93. The second kappa shape index (κ2) is 7.65. The van der Waals surface area contributed by atoms with E-state index in [2.05, 4.69) is 24.1 Å². The molecule has 1 aromatic rings. The molecule has 2 rings (SSSR count). The smallest absolute Gasteiger partial charge is 0.118 e. The Labute approximate surface area is 123 Å². The van der Waals surface area contributed by atoms with Gasteiger partial charge in [-0.05, 0) is 56.5 Å². The highest BCUT2D eigenvalue weighted by atomic mass is 16.5. The molecule has 2 unspecified atom stereocenters. The second-order valence-electron chi connectivity index (χ2n) is 5.93. The van der Waals surface area contributed by atoms with Crippen LogP contribution in [0.4, 0.5) is 0 Å². The third-order valence-corrected chi connectivity index (χ3v) is 4.65. The largest absolute Gasteiger partial charge is 0.497 e. The van der Waals surface area contributed by atoms with E-state index in [1.165, 1.54) is 31.2 Å². The predicted molar refractivity (Wildman–Crippen MR) is 84.1 cm³/mol. The normalized spacial score (nSPS) is 23.0. The Kier molecular flexibility index (Phi) is 5.86. The molecule has 20 heavy (non-hydrogen) atoms. The van der Waals surface area contributed by atoms with E-state index < -0.39 is 0 Å². The molecule has 0 aromatic heterocycles. The first-order chi connectivity index (χ1) is 9.74. The molecule has 0 radical (unpaired) electrons. The number of ether oxygens (including phenoxy) is 1. The minimum absolute atomic E-state index is 0.673. The van der Waals surface area contributed by atoms with Gasteiger partial charge in [-0.15, -0.1) is 0 Å². The van der Waals surface area contributed by atoms with Crippen molar-refractivity contribution in [2.75, 3.05) is 27.2 Å². The molecular weight excluding hydrogens is 248 g/mol. The molecule has 2 N–H and O–H groups in total. The second-order valence-corrected chi connectivity index (χ2v) is 5.93. The zero-order valence-corrected chi connectivity index (χ0v) is 12.8. The lowest BCUT2D eigenvalue weighted by Gasteiger charge is -2.37. The van der Waals surface area contributed by atoms with E-state index in [-0.39, 0.29) is 0 Å². The van der Waals surface area contributed by atoms with E-state index in [0.717, 1.165) is 25.3 Å². The standard InChI is InChI=1S/C17H28N2O/c1-19(17-6-4-3-5-15(17)13-18)12-11-14-7-9-16(20-2)10-8-14/h7-10,15,17H,3-6,11-13,18H2,1-2H3. The van der Waals surface area contributed by atoms with Crippen LogP contribution in [0.2, 0.25) is 0 Å². The molecular formula is C17H28N2O. The van der Waals surface area contributed by atoms with E-state index >= 15 is 0 Å². The number of benzene rings is 1. The lowest BCUT2D eigenvalue weighted by molar-refractivity contribution is 0.135. The van der Waals surface area contributed by atoms with Crippen LogP contribution in [0.1, 0.15) is 31.2 Å². The zero-order chi connectivity index (χ0) is 14.4. The Morgan fingerprint density at radius 1 is 1.20 bits per heavy atom. The summed E-state index contributed by atoms with van der Waals surface area (Å²) in [6, 6.07) is 9.08. The summed E-state index contributed by atoms with van der Waals surface area (Å²) in [6.45, 7) is 1.94. The van der Waals surface area contributed by atoms with Gasteiger partial charge in [-0.2, -0.15) is 0 Å². The van der Waals surface area contributed by atoms with Crippen molar-refractivity contribution in [1.29, 1.82) is 0 Å². The number of rotatable bonds is 6. The maximum Gasteiger partial charge on any atom is 0.118 e. The minimum Gasteiger partial charge on any atom is -0.497 e. The van der Waals surface area contributed by atoms with Crippen LogP contribution >= 0.6 is 0 Å². The van der Waals surface area contributed by atoms with E-state index in [1.807, 2.05) is 12.1 Å². The van der Waals surface area contributed by atoms with Crippen molar-refractivity contribution in [3.05, 3.63) is 29.8 Å². The van der Waals surface area contributed by atoms with Crippen LogP contribution in [0.5, 0.6) is 5.75 Å². The Morgan fingerprint density at radius 3 is 2.55 bits per heavy atom. The van der Waals surface area contributed by atoms with Gasteiger partial charge in [-0.1, -0.05) is 25.0 Å². The fourth-order valence-corrected chi connectivity index (χ4v) is 3.31. The average Bonchev–Trinajstić information content (AvgIpc) is 2.53. The molecule has 112 valence electrons. The predicted octanol–water partition coefficient (Wildman–Crippen LogP) is 2.69. The van der Waals surface area contributed by atoms with Gasteiger partial charge in [0.25, 0.3) is 0 Å². The van der Waals surface area contributed by atoms with E-state index in [4.69, 9.17) is 10.5 Å². The van der Waals surface area contributed by atoms with Gasteiger partial charge in [0.05, 0.1) is 7.11 Å². The van der Waals surface area contributed by atoms with Crippen LogP contribution in [-0.2, 0) is 6.42 Å². The van der Waals surface area contributed by atoms with Crippen LogP contribution < -0.4 is 10.5 Å². The summed E-state index contributed by atoms with van der Waals surface area (Å²) in [5.74, 6) is 1.61. The highest BCUT2D eigenvalue weighted by molar-refractivity contribution is 5.27. The van der Waals surface area contributed by atoms with Crippen molar-refractivity contribution in [1.82, 2.24) is 4.90 Å². The van der Waals surface area contributed by atoms with Crippen molar-refractivity contribution in [3.63, 3.8) is 0 Å². The minimum atomic E-state index is 0.673. The molecule has 1 aliphatic carbocycles. The van der Waals surface area contributed by atoms with E-state index in [0.29, 0.717) is 12.0 Å². The Balaban J connectivity index is 1.85. The van der Waals surface area contributed by atoms with Gasteiger partial charge >= 0.3 is 0 Å². The lowest BCUT2D eigenvalue weighted by atomic mass is 9.83. The number of nitrogens with two attached hydrogens (primary N) is 1. The third kappa shape index (κ3) is 3.97. The quantitative estimate of drug-likeness (QED) is 0.868. The van der Waals surface area contributed by atoms with Gasteiger partial charge in [0.2, 0.25) is 0 Å². The number of likely N-dealkylation sites (N-methyl/N-ethyl adjacent to an activating group) is 1. The summed E-state index contributed by atoms with van der Waals surface area (Å²) in [7, 11) is 3.96. The van der Waals surface area contributed by atoms with Crippen LogP contribution in [-0.4, -0.2) is 38.2 Å². The van der Waals surface area contributed by atoms with E-state index in [9.17, 15) is 0 Å². The molecule has 0 amide bonds. The Bertz CT molecular complexity index is 390. The summed E-state index contributed by atoms with van der Waals surface area (Å²) in [5.41, 5.74) is 7.30. The Morgan fingerprint density at radius 2 is 1.90 bits per heavy atom. The molecule has 0 saturated heterocycles. The van der Waals surface area contributed by atoms with Crippen molar-refractivity contribution in [3.8, 4) is 5.75 Å². The average molecular weight is 276 g/mol. The molecule has 0 aliphatic heterocycles. The van der Waals surface area contributed by atoms with Crippen molar-refractivity contribution in [2.45, 2.75) is 38.1 Å². The van der Waals surface area contributed by atoms with Gasteiger partial charge in [-0.3, -0.25) is 0 Å². The fourth-order valence-electron chi connectivity index (χ4n) is 3.31. The molecule has 2 atom stereocenters. The van der Waals surface area contributed by atoms with Crippen molar-refractivity contribution >= 4 is 0 Å². The molecule has 0 bridgehead atoms. The molecule has 3 heteroatoms. The van der Waals surface area contributed by atoms with Gasteiger partial charge in [0, 0.05) is 12.6 Å². The van der Waals surface area contributed by atoms with Crippen molar-refractivity contribution < 1.29 is 4.74 Å². The van der Waals surface area contributed by atoms with Gasteiger partial charge in [-0.25, -0.2) is 0 Å². The first kappa shape index (κ1) is 15.3. The summed E-state index contributed by atoms with van der Waals surface area (Å²) in [6.07, 6.45) is 6.40. The van der Waals surface area contributed by atoms with Gasteiger partial charge < -0.3 is 15.4 Å². The first-order valence-electron chi connectivity index (χ1n) is 7.78. The number of nitrogens with zero attached hydrogens (tertiary/aromatic N) is 1. The third-order valence-electron chi connectivity index (χ3n) is 4.65. The van der Waals surface area contributed by atoms with Crippen LogP contribution in [0.3, 0.4) is 0 Å². The van der Waals surface area contributed by atoms with Crippen LogP contribution in [0, 0.1) is 5.92 Å². The monoisotopic (exact) mass is 276 g/mol. The summed E-state index contributed by atoms with van der Waals surface area (Å²) in [5, 5.41) is 0. The highest BCUT2D eigenvalue weighted by Crippen LogP contribution is 2.27. The SMILES string of the molecule is COc1ccc(CCN(C)C2CCCCC2CN)cc1. The maximum atomic E-state index is 5.93. The fraction of sp³-hybridized carbons (Fsp3) is 0.647. The van der Waals surface area contributed by atoms with Gasteiger partial charge in [0.15, 0.2) is 0 Å². The lowest BCUT2D eigenvalue weighted by Crippen LogP contribution is -2.43. The number of hydrogen-bond acceptors (Lipinski definition) is 3. The van der Waals surface area contributed by atoms with Crippen LogP contribution in [0.15, 0.2) is 24.3 Å². The highest BCUT2D eigenvalue weighted by Gasteiger charge is 2.26. The van der Waals surface area contributed by atoms with Crippen molar-refractivity contribution in [2.24, 2.45) is 11.7 Å². The molecule has 3 nitrogen and oxygen atoms in total. The first-order valence-corrected chi connectivity index (χ1v) is 7.78. The number of hydrogen-bond donors (Lipinski definition) is 1. The summed E-state index contributed by atoms with van der Waals surface area (Å²) in [4.78, 5) is 2.51. The van der Waals surface area contributed by atoms with E-state index in [1.54, 1.807) is 7.11 Å². The molecule has 1 aliphatic rings. The molecule has 1 aromatic carbocycles. The summed E-state index contributed by atoms with van der Waals surface area (Å²) >= 11 is 0. The molecule has 0 spiro atoms. The zero-order valence-electron chi connectivity index (χ0n) is 12.8. The van der Waals surface area contributed by atoms with Gasteiger partial charge in [0.1, 0.15) is 5.75 Å². The molecule has 1 fully saturated rings. The Hall–Kier alpha value is -1.06. The molecule has 1 saturated carbocycles. The topological polar surface area (TPSA) is 38.5 Å².